The van der Waals surface area contributed by atoms with Crippen molar-refractivity contribution >= 4 is 40.5 Å². The molecule has 0 fully saturated rings. The van der Waals surface area contributed by atoms with Crippen LogP contribution < -0.4 is 10.1 Å². The molecule has 3 nitrogen and oxygen atoms in total. The summed E-state index contributed by atoms with van der Waals surface area (Å²) >= 11 is 19.2. The molecule has 1 aliphatic carbocycles. The van der Waals surface area contributed by atoms with E-state index in [1.54, 1.807) is 19.2 Å². The van der Waals surface area contributed by atoms with Gasteiger partial charge in [0.05, 0.1) is 33.9 Å². The van der Waals surface area contributed by atoms with Crippen LogP contribution in [0.4, 0.5) is 5.69 Å². The topological polar surface area (TPSA) is 41.5 Å². The van der Waals surface area contributed by atoms with E-state index in [-0.39, 0.29) is 23.6 Å². The molecule has 0 radical (unpaired) electrons. The lowest BCUT2D eigenvalue weighted by Gasteiger charge is -2.38. The number of phenolic OH excluding ortho intramolecular Hbond substituents is 1. The molecule has 2 aromatic rings. The Morgan fingerprint density at radius 3 is 2.76 bits per heavy atom. The summed E-state index contributed by atoms with van der Waals surface area (Å²) in [7, 11) is 1.54. The number of halogens is 3. The van der Waals surface area contributed by atoms with Crippen molar-refractivity contribution in [2.45, 2.75) is 18.4 Å². The number of hydrogen-bond donors (Lipinski definition) is 2. The summed E-state index contributed by atoms with van der Waals surface area (Å²) in [5.41, 5.74) is 2.48. The monoisotopic (exact) mass is 395 g/mol. The van der Waals surface area contributed by atoms with Crippen molar-refractivity contribution in [1.29, 1.82) is 0 Å². The Balaban J connectivity index is 1.88. The van der Waals surface area contributed by atoms with Crippen molar-refractivity contribution in [2.75, 3.05) is 12.4 Å². The fourth-order valence-electron chi connectivity index (χ4n) is 3.92. The SMILES string of the molecule is COc1cccc(C2Nc3c(Cl)cc(Cl)c(Cl)c3C3C=CCC32)c1O. The zero-order valence-corrected chi connectivity index (χ0v) is 15.7. The van der Waals surface area contributed by atoms with E-state index in [1.807, 2.05) is 12.1 Å². The number of hydrogen-bond acceptors (Lipinski definition) is 3. The number of rotatable bonds is 2. The second-order valence-corrected chi connectivity index (χ2v) is 7.51. The molecular formula is C19H16Cl3NO2. The molecule has 3 unspecified atom stereocenters. The van der Waals surface area contributed by atoms with Crippen molar-refractivity contribution in [2.24, 2.45) is 5.92 Å². The predicted molar refractivity (Wildman–Crippen MR) is 102 cm³/mol. The summed E-state index contributed by atoms with van der Waals surface area (Å²) in [6, 6.07) is 7.06. The van der Waals surface area contributed by atoms with Crippen LogP contribution in [0.2, 0.25) is 15.1 Å². The molecule has 0 aromatic heterocycles. The van der Waals surface area contributed by atoms with Crippen LogP contribution >= 0.6 is 34.8 Å². The van der Waals surface area contributed by atoms with Crippen LogP contribution in [0.15, 0.2) is 36.4 Å². The van der Waals surface area contributed by atoms with Crippen LogP contribution in [0.1, 0.15) is 29.5 Å². The molecule has 0 saturated carbocycles. The highest BCUT2D eigenvalue weighted by Gasteiger charge is 2.41. The minimum absolute atomic E-state index is 0.0931. The van der Waals surface area contributed by atoms with E-state index >= 15 is 0 Å². The fourth-order valence-corrected chi connectivity index (χ4v) is 4.73. The first-order chi connectivity index (χ1) is 12.0. The number of nitrogens with one attached hydrogen (secondary N) is 1. The van der Waals surface area contributed by atoms with Crippen molar-refractivity contribution < 1.29 is 9.84 Å². The summed E-state index contributed by atoms with van der Waals surface area (Å²) < 4.78 is 5.26. The van der Waals surface area contributed by atoms with Gasteiger partial charge in [0, 0.05) is 17.0 Å². The molecule has 2 aromatic carbocycles. The summed E-state index contributed by atoms with van der Waals surface area (Å²) in [4.78, 5) is 0. The van der Waals surface area contributed by atoms with Crippen molar-refractivity contribution in [1.82, 2.24) is 0 Å². The molecule has 2 N–H and O–H groups in total. The molecule has 25 heavy (non-hydrogen) atoms. The van der Waals surface area contributed by atoms with Crippen molar-refractivity contribution in [3.63, 3.8) is 0 Å². The van der Waals surface area contributed by atoms with Crippen LogP contribution in [0, 0.1) is 5.92 Å². The smallest absolute Gasteiger partial charge is 0.163 e. The van der Waals surface area contributed by atoms with Gasteiger partial charge in [0.2, 0.25) is 0 Å². The maximum Gasteiger partial charge on any atom is 0.163 e. The molecule has 0 amide bonds. The lowest BCUT2D eigenvalue weighted by Crippen LogP contribution is -2.29. The van der Waals surface area contributed by atoms with Gasteiger partial charge >= 0.3 is 0 Å². The van der Waals surface area contributed by atoms with Gasteiger partial charge in [-0.1, -0.05) is 59.1 Å². The van der Waals surface area contributed by atoms with Gasteiger partial charge in [-0.15, -0.1) is 0 Å². The zero-order chi connectivity index (χ0) is 17.7. The molecule has 2 aliphatic rings. The van der Waals surface area contributed by atoms with E-state index < -0.39 is 0 Å². The zero-order valence-electron chi connectivity index (χ0n) is 13.4. The first kappa shape index (κ1) is 16.9. The Labute approximate surface area is 161 Å². The van der Waals surface area contributed by atoms with Gasteiger partial charge in [-0.25, -0.2) is 0 Å². The Hall–Kier alpha value is -1.55. The normalized spacial score (nSPS) is 23.8. The quantitative estimate of drug-likeness (QED) is 0.470. The second kappa shape index (κ2) is 6.31. The highest BCUT2D eigenvalue weighted by atomic mass is 35.5. The summed E-state index contributed by atoms with van der Waals surface area (Å²) in [5.74, 6) is 0.897. The number of aromatic hydroxyl groups is 1. The third-order valence-electron chi connectivity index (χ3n) is 5.07. The van der Waals surface area contributed by atoms with E-state index in [9.17, 15) is 5.11 Å². The van der Waals surface area contributed by atoms with Crippen molar-refractivity contribution in [3.05, 3.63) is 62.6 Å². The predicted octanol–water partition coefficient (Wildman–Crippen LogP) is 6.19. The number of anilines is 1. The average Bonchev–Trinajstić information content (AvgIpc) is 3.08. The minimum atomic E-state index is -0.114. The molecular weight excluding hydrogens is 381 g/mol. The maximum atomic E-state index is 10.6. The molecule has 6 heteroatoms. The fraction of sp³-hybridized carbons (Fsp3) is 0.263. The van der Waals surface area contributed by atoms with Crippen LogP contribution in [0.3, 0.4) is 0 Å². The Morgan fingerprint density at radius 1 is 1.20 bits per heavy atom. The number of para-hydroxylation sites is 1. The van der Waals surface area contributed by atoms with Gasteiger partial charge in [-0.2, -0.15) is 0 Å². The minimum Gasteiger partial charge on any atom is -0.504 e. The first-order valence-corrected chi connectivity index (χ1v) is 9.12. The van der Waals surface area contributed by atoms with Crippen LogP contribution in [0.25, 0.3) is 0 Å². The van der Waals surface area contributed by atoms with E-state index in [2.05, 4.69) is 17.5 Å². The number of allylic oxidation sites excluding steroid dienone is 2. The second-order valence-electron chi connectivity index (χ2n) is 6.32. The standard InChI is InChI=1S/C19H16Cl3NO2/c1-25-14-7-3-6-11(19(14)24)17-10-5-2-4-9(10)15-16(22)12(20)8-13(21)18(15)23-17/h2-4,6-10,17,23-24H,5H2,1H3. The highest BCUT2D eigenvalue weighted by molar-refractivity contribution is 6.44. The van der Waals surface area contributed by atoms with Gasteiger partial charge in [0.1, 0.15) is 0 Å². The number of fused-ring (bicyclic) bond motifs is 3. The molecule has 3 atom stereocenters. The van der Waals surface area contributed by atoms with Crippen LogP contribution in [-0.2, 0) is 0 Å². The van der Waals surface area contributed by atoms with E-state index in [4.69, 9.17) is 39.5 Å². The van der Waals surface area contributed by atoms with Gasteiger partial charge in [0.15, 0.2) is 11.5 Å². The Kier molecular flexibility index (Phi) is 4.27. The summed E-state index contributed by atoms with van der Waals surface area (Å²) in [5, 5.41) is 15.6. The van der Waals surface area contributed by atoms with E-state index in [0.29, 0.717) is 20.8 Å². The number of ether oxygens (including phenoxy) is 1. The number of benzene rings is 2. The summed E-state index contributed by atoms with van der Waals surface area (Å²) in [6.07, 6.45) is 5.16. The van der Waals surface area contributed by atoms with Gasteiger partial charge in [-0.3, -0.25) is 0 Å². The first-order valence-electron chi connectivity index (χ1n) is 7.99. The molecule has 0 spiro atoms. The highest BCUT2D eigenvalue weighted by Crippen LogP contribution is 2.56. The molecule has 4 rings (SSSR count). The lowest BCUT2D eigenvalue weighted by atomic mass is 9.76. The Bertz CT molecular complexity index is 881. The average molecular weight is 397 g/mol. The molecule has 1 aliphatic heterocycles. The van der Waals surface area contributed by atoms with Gasteiger partial charge in [-0.05, 0) is 24.5 Å². The van der Waals surface area contributed by atoms with Gasteiger partial charge < -0.3 is 15.2 Å². The van der Waals surface area contributed by atoms with E-state index in [0.717, 1.165) is 23.2 Å². The van der Waals surface area contributed by atoms with Gasteiger partial charge in [0.25, 0.3) is 0 Å². The Morgan fingerprint density at radius 2 is 2.00 bits per heavy atom. The molecule has 1 heterocycles. The maximum absolute atomic E-state index is 10.6. The molecule has 0 bridgehead atoms. The summed E-state index contributed by atoms with van der Waals surface area (Å²) in [6.45, 7) is 0. The largest absolute Gasteiger partial charge is 0.504 e. The number of phenols is 1. The lowest BCUT2D eigenvalue weighted by molar-refractivity contribution is 0.358. The van der Waals surface area contributed by atoms with E-state index in [1.165, 1.54) is 0 Å². The van der Waals surface area contributed by atoms with Crippen LogP contribution in [0.5, 0.6) is 11.5 Å². The number of methoxy groups -OCH3 is 1. The third kappa shape index (κ3) is 2.57. The third-order valence-corrected chi connectivity index (χ3v) is 6.17. The van der Waals surface area contributed by atoms with Crippen molar-refractivity contribution in [3.8, 4) is 11.5 Å². The van der Waals surface area contributed by atoms with Crippen LogP contribution in [-0.4, -0.2) is 12.2 Å². The molecule has 0 saturated heterocycles. The molecule has 130 valence electrons.